The molecule has 1 aromatic rings. The highest BCUT2D eigenvalue weighted by atomic mass is 32.2. The molecule has 1 atom stereocenters. The zero-order valence-corrected chi connectivity index (χ0v) is 13.8. The number of esters is 1. The lowest BCUT2D eigenvalue weighted by atomic mass is 10.1. The molecule has 0 unspecified atom stereocenters. The van der Waals surface area contributed by atoms with E-state index in [1.165, 1.54) is 23.4 Å². The zero-order valence-electron chi connectivity index (χ0n) is 13.0. The Morgan fingerprint density at radius 2 is 2.04 bits per heavy atom. The second-order valence-electron chi connectivity index (χ2n) is 5.17. The Labute approximate surface area is 135 Å². The summed E-state index contributed by atoms with van der Waals surface area (Å²) in [6.45, 7) is 4.36. The quantitative estimate of drug-likeness (QED) is 0.762. The van der Waals surface area contributed by atoms with E-state index in [0.29, 0.717) is 18.8 Å². The monoisotopic (exact) mass is 338 g/mol. The molecule has 0 saturated carbocycles. The van der Waals surface area contributed by atoms with Crippen molar-refractivity contribution in [1.29, 1.82) is 5.26 Å². The van der Waals surface area contributed by atoms with Crippen molar-refractivity contribution in [2.24, 2.45) is 0 Å². The number of carbonyl (C=O) groups is 1. The number of nitriles is 1. The summed E-state index contributed by atoms with van der Waals surface area (Å²) in [5.41, 5.74) is 0.644. The molecule has 1 saturated heterocycles. The summed E-state index contributed by atoms with van der Waals surface area (Å²) in [5.74, 6) is -0.725. The lowest BCUT2D eigenvalue weighted by Gasteiger charge is -2.26. The Morgan fingerprint density at radius 1 is 1.39 bits per heavy atom. The number of benzene rings is 1. The Balaban J connectivity index is 2.33. The second kappa shape index (κ2) is 7.08. The first kappa shape index (κ1) is 17.4. The van der Waals surface area contributed by atoms with Gasteiger partial charge in [-0.05, 0) is 31.5 Å². The Bertz CT molecular complexity index is 733. The fourth-order valence-electron chi connectivity index (χ4n) is 2.19. The summed E-state index contributed by atoms with van der Waals surface area (Å²) in [6.07, 6.45) is -0.900. The van der Waals surface area contributed by atoms with Gasteiger partial charge < -0.3 is 9.47 Å². The molecule has 2 rings (SSSR count). The van der Waals surface area contributed by atoms with Gasteiger partial charge in [-0.2, -0.15) is 9.57 Å². The topological polar surface area (TPSA) is 96.7 Å². The molecule has 0 amide bonds. The van der Waals surface area contributed by atoms with Crippen LogP contribution in [0.1, 0.15) is 22.8 Å². The highest BCUT2D eigenvalue weighted by Crippen LogP contribution is 2.22. The molecule has 1 aliphatic heterocycles. The van der Waals surface area contributed by atoms with Crippen LogP contribution in [-0.4, -0.2) is 51.1 Å². The summed E-state index contributed by atoms with van der Waals surface area (Å²) in [4.78, 5) is 12.0. The Hall–Kier alpha value is -1.95. The molecule has 1 aliphatic rings. The molecule has 0 spiro atoms. The summed E-state index contributed by atoms with van der Waals surface area (Å²) < 4.78 is 36.9. The SMILES string of the molecule is Cc1ccc(C(=O)O[C@@H](C)C#N)cc1S(=O)(=O)N1CCOCC1. The fraction of sp³-hybridized carbons (Fsp3) is 0.467. The van der Waals surface area contributed by atoms with Gasteiger partial charge in [0.25, 0.3) is 0 Å². The van der Waals surface area contributed by atoms with Crippen molar-refractivity contribution in [3.05, 3.63) is 29.3 Å². The van der Waals surface area contributed by atoms with E-state index in [9.17, 15) is 13.2 Å². The number of aryl methyl sites for hydroxylation is 1. The average Bonchev–Trinajstić information content (AvgIpc) is 2.55. The molecule has 1 fully saturated rings. The highest BCUT2D eigenvalue weighted by Gasteiger charge is 2.28. The van der Waals surface area contributed by atoms with Crippen molar-refractivity contribution in [3.8, 4) is 6.07 Å². The van der Waals surface area contributed by atoms with Crippen LogP contribution in [-0.2, 0) is 19.5 Å². The number of morpholine rings is 1. The van der Waals surface area contributed by atoms with Crippen LogP contribution >= 0.6 is 0 Å². The van der Waals surface area contributed by atoms with Crippen molar-refractivity contribution in [1.82, 2.24) is 4.31 Å². The van der Waals surface area contributed by atoms with Crippen molar-refractivity contribution >= 4 is 16.0 Å². The molecule has 7 nitrogen and oxygen atoms in total. The third kappa shape index (κ3) is 3.88. The van der Waals surface area contributed by atoms with Crippen LogP contribution in [0, 0.1) is 18.3 Å². The summed E-state index contributed by atoms with van der Waals surface area (Å²) >= 11 is 0. The van der Waals surface area contributed by atoms with E-state index < -0.39 is 22.1 Å². The molecular formula is C15H18N2O5S. The number of carbonyl (C=O) groups excluding carboxylic acids is 1. The Kier molecular flexibility index (Phi) is 5.36. The minimum absolute atomic E-state index is 0.0680. The summed E-state index contributed by atoms with van der Waals surface area (Å²) in [5, 5.41) is 8.69. The van der Waals surface area contributed by atoms with E-state index in [1.54, 1.807) is 19.1 Å². The first-order valence-corrected chi connectivity index (χ1v) is 8.59. The molecule has 124 valence electrons. The maximum Gasteiger partial charge on any atom is 0.339 e. The van der Waals surface area contributed by atoms with Crippen LogP contribution in [0.5, 0.6) is 0 Å². The van der Waals surface area contributed by atoms with Gasteiger partial charge in [-0.1, -0.05) is 6.07 Å². The first-order chi connectivity index (χ1) is 10.9. The minimum atomic E-state index is -3.70. The smallest absolute Gasteiger partial charge is 0.339 e. The molecule has 23 heavy (non-hydrogen) atoms. The van der Waals surface area contributed by atoms with Crippen molar-refractivity contribution < 1.29 is 22.7 Å². The lowest BCUT2D eigenvalue weighted by molar-refractivity contribution is 0.0435. The maximum absolute atomic E-state index is 12.7. The minimum Gasteiger partial charge on any atom is -0.444 e. The standard InChI is InChI=1S/C15H18N2O5S/c1-11-3-4-13(15(18)22-12(2)10-16)9-14(11)23(19,20)17-5-7-21-8-6-17/h3-4,9,12H,5-8H2,1-2H3/t12-/m0/s1. The highest BCUT2D eigenvalue weighted by molar-refractivity contribution is 7.89. The fourth-order valence-corrected chi connectivity index (χ4v) is 3.84. The van der Waals surface area contributed by atoms with Gasteiger partial charge in [-0.25, -0.2) is 13.2 Å². The molecule has 1 aromatic carbocycles. The van der Waals surface area contributed by atoms with Gasteiger partial charge in [0.05, 0.1) is 23.7 Å². The van der Waals surface area contributed by atoms with Crippen LogP contribution in [0.4, 0.5) is 0 Å². The molecule has 0 bridgehead atoms. The number of nitrogens with zero attached hydrogens (tertiary/aromatic N) is 2. The van der Waals surface area contributed by atoms with Gasteiger partial charge in [0.1, 0.15) is 6.07 Å². The van der Waals surface area contributed by atoms with E-state index in [-0.39, 0.29) is 23.5 Å². The largest absolute Gasteiger partial charge is 0.444 e. The molecule has 0 aliphatic carbocycles. The molecule has 1 heterocycles. The van der Waals surface area contributed by atoms with Crippen LogP contribution in [0.2, 0.25) is 0 Å². The third-order valence-corrected chi connectivity index (χ3v) is 5.52. The number of ether oxygens (including phenoxy) is 2. The third-order valence-electron chi connectivity index (χ3n) is 3.48. The number of hydrogen-bond donors (Lipinski definition) is 0. The van der Waals surface area contributed by atoms with Gasteiger partial charge in [0.15, 0.2) is 6.10 Å². The molecule has 0 aromatic heterocycles. The van der Waals surface area contributed by atoms with Gasteiger partial charge in [0.2, 0.25) is 10.0 Å². The molecule has 8 heteroatoms. The second-order valence-corrected chi connectivity index (χ2v) is 7.08. The van der Waals surface area contributed by atoms with Crippen molar-refractivity contribution in [2.75, 3.05) is 26.3 Å². The first-order valence-electron chi connectivity index (χ1n) is 7.15. The lowest BCUT2D eigenvalue weighted by Crippen LogP contribution is -2.40. The van der Waals surface area contributed by atoms with Crippen molar-refractivity contribution in [2.45, 2.75) is 24.8 Å². The molecular weight excluding hydrogens is 320 g/mol. The number of hydrogen-bond acceptors (Lipinski definition) is 6. The number of rotatable bonds is 4. The predicted molar refractivity (Wildman–Crippen MR) is 81.2 cm³/mol. The van der Waals surface area contributed by atoms with Gasteiger partial charge in [0, 0.05) is 13.1 Å². The van der Waals surface area contributed by atoms with Crippen LogP contribution in [0.15, 0.2) is 23.1 Å². The van der Waals surface area contributed by atoms with E-state index >= 15 is 0 Å². The van der Waals surface area contributed by atoms with Crippen LogP contribution in [0.3, 0.4) is 0 Å². The van der Waals surface area contributed by atoms with Gasteiger partial charge in [-0.15, -0.1) is 0 Å². The van der Waals surface area contributed by atoms with E-state index in [0.717, 1.165) is 0 Å². The summed E-state index contributed by atoms with van der Waals surface area (Å²) in [6, 6.07) is 6.13. The van der Waals surface area contributed by atoms with Crippen molar-refractivity contribution in [3.63, 3.8) is 0 Å². The zero-order chi connectivity index (χ0) is 17.0. The predicted octanol–water partition coefficient (Wildman–Crippen LogP) is 1.08. The average molecular weight is 338 g/mol. The summed E-state index contributed by atoms with van der Waals surface area (Å²) in [7, 11) is -3.70. The number of sulfonamides is 1. The van der Waals surface area contributed by atoms with E-state index in [1.807, 2.05) is 0 Å². The van der Waals surface area contributed by atoms with Gasteiger partial charge >= 0.3 is 5.97 Å². The Morgan fingerprint density at radius 3 is 2.65 bits per heavy atom. The van der Waals surface area contributed by atoms with Gasteiger partial charge in [-0.3, -0.25) is 0 Å². The normalized spacial score (nSPS) is 17.3. The maximum atomic E-state index is 12.7. The molecule has 0 radical (unpaired) electrons. The van der Waals surface area contributed by atoms with Crippen LogP contribution in [0.25, 0.3) is 0 Å². The van der Waals surface area contributed by atoms with Crippen LogP contribution < -0.4 is 0 Å². The van der Waals surface area contributed by atoms with E-state index in [2.05, 4.69) is 0 Å². The van der Waals surface area contributed by atoms with E-state index in [4.69, 9.17) is 14.7 Å². The molecule has 0 N–H and O–H groups in total.